The summed E-state index contributed by atoms with van der Waals surface area (Å²) in [5.74, 6) is 0. The van der Waals surface area contributed by atoms with Crippen LogP contribution in [0.15, 0.2) is 18.5 Å². The lowest BCUT2D eigenvalue weighted by molar-refractivity contribution is 0.355. The molecule has 3 heteroatoms. The third-order valence-corrected chi connectivity index (χ3v) is 1.93. The van der Waals surface area contributed by atoms with Gasteiger partial charge in [-0.3, -0.25) is 4.68 Å². The monoisotopic (exact) mass is 193 g/mol. The second-order valence-electron chi connectivity index (χ2n) is 4.37. The molecule has 78 valence electrons. The molecule has 3 nitrogen and oxygen atoms in total. The van der Waals surface area contributed by atoms with Crippen LogP contribution in [-0.2, 0) is 5.54 Å². The predicted molar refractivity (Wildman–Crippen MR) is 59.9 cm³/mol. The largest absolute Gasteiger partial charge is 0.330 e. The molecule has 0 unspecified atom stereocenters. The first kappa shape index (κ1) is 11.0. The lowest BCUT2D eigenvalue weighted by Gasteiger charge is -2.18. The van der Waals surface area contributed by atoms with E-state index in [4.69, 9.17) is 5.73 Å². The molecule has 0 aliphatic heterocycles. The quantitative estimate of drug-likeness (QED) is 0.798. The molecule has 0 aromatic carbocycles. The first-order chi connectivity index (χ1) is 6.54. The molecule has 0 aliphatic rings. The van der Waals surface area contributed by atoms with E-state index in [1.807, 2.05) is 17.1 Å². The van der Waals surface area contributed by atoms with Gasteiger partial charge in [0.05, 0.1) is 11.7 Å². The SMILES string of the molecule is CC(C)(C)n1cc(C=CCCN)cn1. The molecular formula is C11H19N3. The fourth-order valence-corrected chi connectivity index (χ4v) is 1.11. The normalized spacial score (nSPS) is 12.6. The Morgan fingerprint density at radius 3 is 2.71 bits per heavy atom. The standard InChI is InChI=1S/C11H19N3/c1-11(2,3)14-9-10(8-13-14)6-4-5-7-12/h4,6,8-9H,5,7,12H2,1-3H3. The van der Waals surface area contributed by atoms with Crippen molar-refractivity contribution in [2.75, 3.05) is 6.54 Å². The molecular weight excluding hydrogens is 174 g/mol. The molecule has 1 rings (SSSR count). The summed E-state index contributed by atoms with van der Waals surface area (Å²) in [5, 5.41) is 4.30. The Labute approximate surface area is 85.6 Å². The molecule has 0 bridgehead atoms. The highest BCUT2D eigenvalue weighted by Gasteiger charge is 2.12. The van der Waals surface area contributed by atoms with E-state index in [1.54, 1.807) is 0 Å². The molecule has 0 fully saturated rings. The van der Waals surface area contributed by atoms with E-state index in [-0.39, 0.29) is 5.54 Å². The summed E-state index contributed by atoms with van der Waals surface area (Å²) in [6, 6.07) is 0. The topological polar surface area (TPSA) is 43.8 Å². The summed E-state index contributed by atoms with van der Waals surface area (Å²) in [5.41, 5.74) is 6.58. The average Bonchev–Trinajstić information content (AvgIpc) is 2.52. The van der Waals surface area contributed by atoms with Crippen LogP contribution in [-0.4, -0.2) is 16.3 Å². The molecule has 0 saturated carbocycles. The minimum absolute atomic E-state index is 0.0555. The average molecular weight is 193 g/mol. The van der Waals surface area contributed by atoms with Gasteiger partial charge in [-0.05, 0) is 33.7 Å². The summed E-state index contributed by atoms with van der Waals surface area (Å²) >= 11 is 0. The fourth-order valence-electron chi connectivity index (χ4n) is 1.11. The van der Waals surface area contributed by atoms with Gasteiger partial charge in [-0.25, -0.2) is 0 Å². The van der Waals surface area contributed by atoms with E-state index in [2.05, 4.69) is 38.0 Å². The van der Waals surface area contributed by atoms with Gasteiger partial charge in [0.15, 0.2) is 0 Å². The van der Waals surface area contributed by atoms with Crippen LogP contribution in [0, 0.1) is 0 Å². The third kappa shape index (κ3) is 3.00. The number of aromatic nitrogens is 2. The Kier molecular flexibility index (Phi) is 3.47. The van der Waals surface area contributed by atoms with E-state index in [0.717, 1.165) is 12.0 Å². The molecule has 0 aliphatic carbocycles. The van der Waals surface area contributed by atoms with E-state index in [0.29, 0.717) is 6.54 Å². The Morgan fingerprint density at radius 2 is 2.21 bits per heavy atom. The minimum Gasteiger partial charge on any atom is -0.330 e. The van der Waals surface area contributed by atoms with Gasteiger partial charge in [0.25, 0.3) is 0 Å². The Balaban J connectivity index is 2.69. The Bertz CT molecular complexity index is 305. The second-order valence-corrected chi connectivity index (χ2v) is 4.37. The molecule has 1 aromatic heterocycles. The molecule has 1 heterocycles. The van der Waals surface area contributed by atoms with Crippen molar-refractivity contribution in [3.63, 3.8) is 0 Å². The molecule has 0 atom stereocenters. The lowest BCUT2D eigenvalue weighted by atomic mass is 10.1. The van der Waals surface area contributed by atoms with Crippen LogP contribution < -0.4 is 5.73 Å². The number of rotatable bonds is 3. The van der Waals surface area contributed by atoms with Crippen molar-refractivity contribution in [3.05, 3.63) is 24.0 Å². The number of hydrogen-bond donors (Lipinski definition) is 1. The number of nitrogens with two attached hydrogens (primary N) is 1. The van der Waals surface area contributed by atoms with Gasteiger partial charge in [-0.15, -0.1) is 0 Å². The van der Waals surface area contributed by atoms with E-state index in [9.17, 15) is 0 Å². The predicted octanol–water partition coefficient (Wildman–Crippen LogP) is 2.00. The van der Waals surface area contributed by atoms with Crippen LogP contribution in [0.25, 0.3) is 6.08 Å². The summed E-state index contributed by atoms with van der Waals surface area (Å²) in [4.78, 5) is 0. The Hall–Kier alpha value is -1.09. The van der Waals surface area contributed by atoms with Crippen molar-refractivity contribution >= 4 is 6.08 Å². The smallest absolute Gasteiger partial charge is 0.0562 e. The maximum absolute atomic E-state index is 5.40. The van der Waals surface area contributed by atoms with Crippen molar-refractivity contribution in [3.8, 4) is 0 Å². The molecule has 2 N–H and O–H groups in total. The highest BCUT2D eigenvalue weighted by molar-refractivity contribution is 5.46. The van der Waals surface area contributed by atoms with Gasteiger partial charge in [0.2, 0.25) is 0 Å². The summed E-state index contributed by atoms with van der Waals surface area (Å²) < 4.78 is 1.97. The molecule has 1 aromatic rings. The van der Waals surface area contributed by atoms with Crippen LogP contribution in [0.1, 0.15) is 32.8 Å². The number of hydrogen-bond acceptors (Lipinski definition) is 2. The third-order valence-electron chi connectivity index (χ3n) is 1.93. The first-order valence-electron chi connectivity index (χ1n) is 4.96. The van der Waals surface area contributed by atoms with Gasteiger partial charge in [0.1, 0.15) is 0 Å². The summed E-state index contributed by atoms with van der Waals surface area (Å²) in [7, 11) is 0. The molecule has 0 radical (unpaired) electrons. The van der Waals surface area contributed by atoms with Crippen LogP contribution in [0.3, 0.4) is 0 Å². The van der Waals surface area contributed by atoms with Crippen LogP contribution in [0.5, 0.6) is 0 Å². The zero-order valence-electron chi connectivity index (χ0n) is 9.20. The highest BCUT2D eigenvalue weighted by Crippen LogP contribution is 2.13. The van der Waals surface area contributed by atoms with E-state index >= 15 is 0 Å². The Morgan fingerprint density at radius 1 is 1.50 bits per heavy atom. The van der Waals surface area contributed by atoms with Gasteiger partial charge in [-0.1, -0.05) is 12.2 Å². The molecule has 0 saturated heterocycles. The van der Waals surface area contributed by atoms with Gasteiger partial charge >= 0.3 is 0 Å². The maximum Gasteiger partial charge on any atom is 0.0562 e. The summed E-state index contributed by atoms with van der Waals surface area (Å²) in [6.45, 7) is 7.10. The molecule has 0 amide bonds. The maximum atomic E-state index is 5.40. The van der Waals surface area contributed by atoms with Crippen molar-refractivity contribution in [2.45, 2.75) is 32.7 Å². The molecule has 0 spiro atoms. The van der Waals surface area contributed by atoms with Crippen LogP contribution in [0.2, 0.25) is 0 Å². The van der Waals surface area contributed by atoms with Crippen LogP contribution in [0.4, 0.5) is 0 Å². The van der Waals surface area contributed by atoms with Crippen molar-refractivity contribution in [2.24, 2.45) is 5.73 Å². The van der Waals surface area contributed by atoms with Crippen molar-refractivity contribution in [1.82, 2.24) is 9.78 Å². The van der Waals surface area contributed by atoms with Crippen molar-refractivity contribution in [1.29, 1.82) is 0 Å². The molecule has 14 heavy (non-hydrogen) atoms. The van der Waals surface area contributed by atoms with Crippen LogP contribution >= 0.6 is 0 Å². The van der Waals surface area contributed by atoms with Gasteiger partial charge in [0, 0.05) is 11.8 Å². The second kappa shape index (κ2) is 4.42. The van der Waals surface area contributed by atoms with Gasteiger partial charge in [-0.2, -0.15) is 5.10 Å². The zero-order valence-corrected chi connectivity index (χ0v) is 9.20. The van der Waals surface area contributed by atoms with E-state index in [1.165, 1.54) is 0 Å². The highest BCUT2D eigenvalue weighted by atomic mass is 15.3. The zero-order chi connectivity index (χ0) is 10.6. The fraction of sp³-hybridized carbons (Fsp3) is 0.545. The minimum atomic E-state index is 0.0555. The number of nitrogens with zero attached hydrogens (tertiary/aromatic N) is 2. The van der Waals surface area contributed by atoms with Crippen molar-refractivity contribution < 1.29 is 0 Å². The summed E-state index contributed by atoms with van der Waals surface area (Å²) in [6.07, 6.45) is 8.97. The lowest BCUT2D eigenvalue weighted by Crippen LogP contribution is -2.21. The first-order valence-corrected chi connectivity index (χ1v) is 4.96. The van der Waals surface area contributed by atoms with Gasteiger partial charge < -0.3 is 5.73 Å². The van der Waals surface area contributed by atoms with E-state index < -0.39 is 0 Å².